The molecule has 0 saturated heterocycles. The summed E-state index contributed by atoms with van der Waals surface area (Å²) in [5.41, 5.74) is 8.53. The Hall–Kier alpha value is -1.66. The lowest BCUT2D eigenvalue weighted by Gasteiger charge is -2.13. The normalized spacial score (nSPS) is 11.3. The van der Waals surface area contributed by atoms with Crippen LogP contribution in [0.4, 0.5) is 5.69 Å². The highest BCUT2D eigenvalue weighted by molar-refractivity contribution is 7.99. The molecule has 1 aromatic heterocycles. The molecule has 0 unspecified atom stereocenters. The van der Waals surface area contributed by atoms with Gasteiger partial charge in [-0.1, -0.05) is 60.9 Å². The topological polar surface area (TPSA) is 64.1 Å². The molecule has 4 nitrogen and oxygen atoms in total. The van der Waals surface area contributed by atoms with Crippen LogP contribution in [0.3, 0.4) is 0 Å². The van der Waals surface area contributed by atoms with Gasteiger partial charge in [-0.15, -0.1) is 0 Å². The number of rotatable bonds is 6. The highest BCUT2D eigenvalue weighted by Gasteiger charge is 2.20. The third-order valence-corrected chi connectivity index (χ3v) is 5.62. The molecule has 0 spiro atoms. The van der Waals surface area contributed by atoms with Crippen molar-refractivity contribution < 1.29 is 5.11 Å². The molecule has 0 aliphatic heterocycles. The lowest BCUT2D eigenvalue weighted by Crippen LogP contribution is -2.07. The van der Waals surface area contributed by atoms with Crippen LogP contribution in [0.1, 0.15) is 36.8 Å². The molecule has 0 bridgehead atoms. The second kappa shape index (κ2) is 8.57. The first kappa shape index (κ1) is 20.1. The smallest absolute Gasteiger partial charge is 0.136 e. The maximum absolute atomic E-state index is 9.86. The van der Waals surface area contributed by atoms with Crippen LogP contribution in [0.5, 0.6) is 0 Å². The van der Waals surface area contributed by atoms with E-state index in [-0.39, 0.29) is 12.5 Å². The predicted octanol–water partition coefficient (Wildman–Crippen LogP) is 5.59. The van der Waals surface area contributed by atoms with E-state index in [0.29, 0.717) is 22.4 Å². The maximum atomic E-state index is 9.86. The lowest BCUT2D eigenvalue weighted by molar-refractivity contribution is 0.265. The van der Waals surface area contributed by atoms with E-state index in [4.69, 9.17) is 28.9 Å². The fourth-order valence-electron chi connectivity index (χ4n) is 2.77. The molecule has 3 rings (SSSR count). The number of anilines is 1. The van der Waals surface area contributed by atoms with Gasteiger partial charge in [0.15, 0.2) is 0 Å². The van der Waals surface area contributed by atoms with Crippen molar-refractivity contribution in [2.45, 2.75) is 42.8 Å². The second-order valence-electron chi connectivity index (χ2n) is 6.57. The molecule has 7 heteroatoms. The van der Waals surface area contributed by atoms with Crippen LogP contribution in [0.25, 0.3) is 0 Å². The van der Waals surface area contributed by atoms with E-state index in [1.165, 1.54) is 0 Å². The summed E-state index contributed by atoms with van der Waals surface area (Å²) in [6.45, 7) is 4.64. The number of aliphatic hydroxyl groups excluding tert-OH is 1. The molecule has 2 aromatic carbocycles. The molecule has 3 aromatic rings. The molecule has 0 atom stereocenters. The van der Waals surface area contributed by atoms with Crippen molar-refractivity contribution in [2.24, 2.45) is 0 Å². The minimum atomic E-state index is -0.133. The Morgan fingerprint density at radius 1 is 1.11 bits per heavy atom. The number of halogens is 2. The molecule has 1 heterocycles. The standard InChI is InChI=1S/C20H21Cl2N3OS/c1-12(2)19-20(27-17-8-14(21)7-15(22)9-17)25(18(11-26)24-19)10-13-3-5-16(23)6-4-13/h3-9,12,26H,10-11,23H2,1-2H3. The van der Waals surface area contributed by atoms with Gasteiger partial charge in [-0.2, -0.15) is 0 Å². The second-order valence-corrected chi connectivity index (χ2v) is 8.50. The number of hydrogen-bond acceptors (Lipinski definition) is 4. The summed E-state index contributed by atoms with van der Waals surface area (Å²) < 4.78 is 2.04. The van der Waals surface area contributed by atoms with Crippen LogP contribution in [0, 0.1) is 0 Å². The van der Waals surface area contributed by atoms with Gasteiger partial charge in [0.1, 0.15) is 17.5 Å². The molecule has 0 fully saturated rings. The molecule has 0 amide bonds. The molecule has 0 aliphatic carbocycles. The maximum Gasteiger partial charge on any atom is 0.136 e. The Morgan fingerprint density at radius 3 is 2.30 bits per heavy atom. The number of aliphatic hydroxyl groups is 1. The first-order valence-electron chi connectivity index (χ1n) is 8.56. The summed E-state index contributed by atoms with van der Waals surface area (Å²) in [6, 6.07) is 13.2. The average Bonchev–Trinajstić information content (AvgIpc) is 2.94. The minimum absolute atomic E-state index is 0.133. The Labute approximate surface area is 173 Å². The first-order chi connectivity index (χ1) is 12.9. The average molecular weight is 422 g/mol. The molecular weight excluding hydrogens is 401 g/mol. The molecule has 0 saturated carbocycles. The van der Waals surface area contributed by atoms with E-state index < -0.39 is 0 Å². The van der Waals surface area contributed by atoms with E-state index in [9.17, 15) is 5.11 Å². The van der Waals surface area contributed by atoms with E-state index in [0.717, 1.165) is 26.9 Å². The van der Waals surface area contributed by atoms with E-state index >= 15 is 0 Å². The van der Waals surface area contributed by atoms with Gasteiger partial charge < -0.3 is 15.4 Å². The number of nitrogens with two attached hydrogens (primary N) is 1. The van der Waals surface area contributed by atoms with Gasteiger partial charge in [0, 0.05) is 27.2 Å². The van der Waals surface area contributed by atoms with Crippen molar-refractivity contribution >= 4 is 40.7 Å². The number of nitrogens with zero attached hydrogens (tertiary/aromatic N) is 2. The Balaban J connectivity index is 2.06. The number of aromatic nitrogens is 2. The minimum Gasteiger partial charge on any atom is -0.399 e. The summed E-state index contributed by atoms with van der Waals surface area (Å²) >= 11 is 13.9. The van der Waals surface area contributed by atoms with Crippen LogP contribution in [0.2, 0.25) is 10.0 Å². The van der Waals surface area contributed by atoms with Crippen LogP contribution in [0.15, 0.2) is 52.4 Å². The summed E-state index contributed by atoms with van der Waals surface area (Å²) in [5, 5.41) is 12.0. The SMILES string of the molecule is CC(C)c1nc(CO)n(Cc2ccc(N)cc2)c1Sc1cc(Cl)cc(Cl)c1. The Bertz CT molecular complexity index is 919. The summed E-state index contributed by atoms with van der Waals surface area (Å²) in [5.74, 6) is 0.839. The molecule has 0 radical (unpaired) electrons. The Morgan fingerprint density at radius 2 is 1.74 bits per heavy atom. The quantitative estimate of drug-likeness (QED) is 0.509. The molecule has 0 aliphatic rings. The monoisotopic (exact) mass is 421 g/mol. The van der Waals surface area contributed by atoms with Crippen molar-refractivity contribution in [3.8, 4) is 0 Å². The molecule has 3 N–H and O–H groups in total. The van der Waals surface area contributed by atoms with Gasteiger partial charge in [-0.25, -0.2) is 4.98 Å². The van der Waals surface area contributed by atoms with Crippen molar-refractivity contribution in [3.05, 3.63) is 69.6 Å². The van der Waals surface area contributed by atoms with Gasteiger partial charge in [0.05, 0.1) is 5.69 Å². The molecule has 142 valence electrons. The van der Waals surface area contributed by atoms with Crippen LogP contribution in [-0.2, 0) is 13.2 Å². The van der Waals surface area contributed by atoms with Crippen molar-refractivity contribution in [3.63, 3.8) is 0 Å². The fraction of sp³-hybridized carbons (Fsp3) is 0.250. The number of benzene rings is 2. The van der Waals surface area contributed by atoms with Gasteiger partial charge in [0.25, 0.3) is 0 Å². The van der Waals surface area contributed by atoms with Crippen molar-refractivity contribution in [1.29, 1.82) is 0 Å². The zero-order valence-corrected chi connectivity index (χ0v) is 17.4. The third kappa shape index (κ3) is 4.79. The largest absolute Gasteiger partial charge is 0.399 e. The molecule has 27 heavy (non-hydrogen) atoms. The summed E-state index contributed by atoms with van der Waals surface area (Å²) in [6.07, 6.45) is 0. The van der Waals surface area contributed by atoms with Gasteiger partial charge in [0.2, 0.25) is 0 Å². The zero-order chi connectivity index (χ0) is 19.6. The highest BCUT2D eigenvalue weighted by Crippen LogP contribution is 2.37. The number of nitrogen functional groups attached to an aromatic ring is 1. The van der Waals surface area contributed by atoms with Gasteiger partial charge in [-0.3, -0.25) is 0 Å². The summed E-state index contributed by atoms with van der Waals surface area (Å²) in [7, 11) is 0. The third-order valence-electron chi connectivity index (χ3n) is 4.08. The number of imidazole rings is 1. The van der Waals surface area contributed by atoms with Gasteiger partial charge in [-0.05, 0) is 41.8 Å². The summed E-state index contributed by atoms with van der Waals surface area (Å²) in [4.78, 5) is 5.61. The first-order valence-corrected chi connectivity index (χ1v) is 10.1. The van der Waals surface area contributed by atoms with E-state index in [2.05, 4.69) is 18.8 Å². The highest BCUT2D eigenvalue weighted by atomic mass is 35.5. The van der Waals surface area contributed by atoms with Gasteiger partial charge >= 0.3 is 0 Å². The van der Waals surface area contributed by atoms with E-state index in [1.807, 2.05) is 41.0 Å². The van der Waals surface area contributed by atoms with Crippen LogP contribution in [-0.4, -0.2) is 14.7 Å². The fourth-order valence-corrected chi connectivity index (χ4v) is 4.69. The molecular formula is C20H21Cl2N3OS. The predicted molar refractivity (Wildman–Crippen MR) is 113 cm³/mol. The zero-order valence-electron chi connectivity index (χ0n) is 15.1. The van der Waals surface area contributed by atoms with E-state index in [1.54, 1.807) is 17.8 Å². The van der Waals surface area contributed by atoms with Crippen LogP contribution < -0.4 is 5.73 Å². The number of hydrogen-bond donors (Lipinski definition) is 2. The lowest BCUT2D eigenvalue weighted by atomic mass is 10.1. The van der Waals surface area contributed by atoms with Crippen LogP contribution >= 0.6 is 35.0 Å². The Kier molecular flexibility index (Phi) is 6.37. The van der Waals surface area contributed by atoms with Crippen molar-refractivity contribution in [2.75, 3.05) is 5.73 Å². The van der Waals surface area contributed by atoms with Crippen molar-refractivity contribution in [1.82, 2.24) is 9.55 Å².